The number of nitrogens with zero attached hydrogens (tertiary/aromatic N) is 1. The molecule has 24 heavy (non-hydrogen) atoms. The van der Waals surface area contributed by atoms with Crippen molar-refractivity contribution in [3.8, 4) is 5.75 Å². The summed E-state index contributed by atoms with van der Waals surface area (Å²) in [5.74, 6) is -1.12. The number of hydrogen-bond donors (Lipinski definition) is 1. The molecule has 2 amide bonds. The third-order valence-electron chi connectivity index (χ3n) is 3.30. The van der Waals surface area contributed by atoms with Crippen molar-refractivity contribution < 1.29 is 18.7 Å². The molecule has 2 rings (SSSR count). The van der Waals surface area contributed by atoms with E-state index < -0.39 is 5.82 Å². The number of amides is 2. The SMILES string of the molecule is CCN(CC(=O)NCc1cccs1)C(=O)COc1ccccc1F. The summed E-state index contributed by atoms with van der Waals surface area (Å²) in [5.41, 5.74) is 0. The Hall–Kier alpha value is -2.41. The highest BCUT2D eigenvalue weighted by atomic mass is 32.1. The maximum absolute atomic E-state index is 13.5. The van der Waals surface area contributed by atoms with E-state index in [0.717, 1.165) is 4.88 Å². The number of carbonyl (C=O) groups excluding carboxylic acids is 2. The third-order valence-corrected chi connectivity index (χ3v) is 4.17. The molecule has 1 aromatic carbocycles. The molecule has 0 unspecified atom stereocenters. The lowest BCUT2D eigenvalue weighted by Crippen LogP contribution is -2.42. The van der Waals surface area contributed by atoms with Gasteiger partial charge in [0.2, 0.25) is 5.91 Å². The summed E-state index contributed by atoms with van der Waals surface area (Å²) in [6, 6.07) is 9.71. The van der Waals surface area contributed by atoms with Crippen molar-refractivity contribution >= 4 is 23.2 Å². The lowest BCUT2D eigenvalue weighted by molar-refractivity contribution is -0.137. The van der Waals surface area contributed by atoms with Crippen LogP contribution in [0.1, 0.15) is 11.8 Å². The number of carbonyl (C=O) groups is 2. The van der Waals surface area contributed by atoms with E-state index in [9.17, 15) is 14.0 Å². The Morgan fingerprint density at radius 3 is 2.71 bits per heavy atom. The van der Waals surface area contributed by atoms with Crippen molar-refractivity contribution in [1.29, 1.82) is 0 Å². The number of para-hydroxylation sites is 1. The Balaban J connectivity index is 1.80. The van der Waals surface area contributed by atoms with Crippen molar-refractivity contribution in [2.75, 3.05) is 19.7 Å². The Morgan fingerprint density at radius 1 is 1.25 bits per heavy atom. The van der Waals surface area contributed by atoms with Crippen LogP contribution in [-0.2, 0) is 16.1 Å². The van der Waals surface area contributed by atoms with Gasteiger partial charge in [0.1, 0.15) is 0 Å². The Morgan fingerprint density at radius 2 is 2.04 bits per heavy atom. The van der Waals surface area contributed by atoms with E-state index in [0.29, 0.717) is 13.1 Å². The van der Waals surface area contributed by atoms with Gasteiger partial charge in [0.15, 0.2) is 18.2 Å². The van der Waals surface area contributed by atoms with Crippen LogP contribution in [0.15, 0.2) is 41.8 Å². The first-order chi connectivity index (χ1) is 11.6. The third kappa shape index (κ3) is 5.34. The van der Waals surface area contributed by atoms with E-state index in [1.54, 1.807) is 30.4 Å². The molecule has 0 saturated heterocycles. The molecule has 0 fully saturated rings. The molecule has 1 aromatic heterocycles. The molecule has 0 saturated carbocycles. The molecule has 0 aliphatic carbocycles. The zero-order chi connectivity index (χ0) is 17.4. The molecule has 1 heterocycles. The van der Waals surface area contributed by atoms with Crippen LogP contribution < -0.4 is 10.1 Å². The van der Waals surface area contributed by atoms with Gasteiger partial charge in [0.05, 0.1) is 13.1 Å². The van der Waals surface area contributed by atoms with Crippen molar-refractivity contribution in [2.24, 2.45) is 0 Å². The summed E-state index contributed by atoms with van der Waals surface area (Å²) in [6.45, 7) is 2.21. The second-order valence-corrected chi connectivity index (χ2v) is 6.02. The number of thiophene rings is 1. The van der Waals surface area contributed by atoms with Crippen LogP contribution in [0.2, 0.25) is 0 Å². The van der Waals surface area contributed by atoms with Crippen LogP contribution in [-0.4, -0.2) is 36.4 Å². The highest BCUT2D eigenvalue weighted by Crippen LogP contribution is 2.15. The Bertz CT molecular complexity index is 676. The van der Waals surface area contributed by atoms with Gasteiger partial charge in [-0.2, -0.15) is 0 Å². The van der Waals surface area contributed by atoms with Crippen LogP contribution >= 0.6 is 11.3 Å². The van der Waals surface area contributed by atoms with E-state index >= 15 is 0 Å². The molecule has 5 nitrogen and oxygen atoms in total. The van der Waals surface area contributed by atoms with E-state index in [4.69, 9.17) is 4.74 Å². The van der Waals surface area contributed by atoms with Gasteiger partial charge in [0.25, 0.3) is 5.91 Å². The molecular formula is C17H19FN2O3S. The first kappa shape index (κ1) is 17.9. The molecule has 128 valence electrons. The van der Waals surface area contributed by atoms with E-state index in [-0.39, 0.29) is 30.7 Å². The highest BCUT2D eigenvalue weighted by molar-refractivity contribution is 7.09. The summed E-state index contributed by atoms with van der Waals surface area (Å²) < 4.78 is 18.6. The lowest BCUT2D eigenvalue weighted by atomic mass is 10.3. The molecule has 0 aliphatic heterocycles. The van der Waals surface area contributed by atoms with Gasteiger partial charge in [-0.1, -0.05) is 18.2 Å². The summed E-state index contributed by atoms with van der Waals surface area (Å²) in [5, 5.41) is 4.70. The van der Waals surface area contributed by atoms with Gasteiger partial charge in [-0.3, -0.25) is 9.59 Å². The van der Waals surface area contributed by atoms with Crippen molar-refractivity contribution in [1.82, 2.24) is 10.2 Å². The fourth-order valence-electron chi connectivity index (χ4n) is 2.00. The van der Waals surface area contributed by atoms with Gasteiger partial charge < -0.3 is 15.0 Å². The first-order valence-electron chi connectivity index (χ1n) is 7.54. The standard InChI is InChI=1S/C17H19FN2O3S/c1-2-20(11-16(21)19-10-13-6-5-9-24-13)17(22)12-23-15-8-4-3-7-14(15)18/h3-9H,2,10-12H2,1H3,(H,19,21). The number of hydrogen-bond acceptors (Lipinski definition) is 4. The summed E-state index contributed by atoms with van der Waals surface area (Å²) in [6.07, 6.45) is 0. The van der Waals surface area contributed by atoms with Crippen molar-refractivity contribution in [3.63, 3.8) is 0 Å². The second-order valence-electron chi connectivity index (χ2n) is 4.98. The normalized spacial score (nSPS) is 10.2. The average molecular weight is 350 g/mol. The van der Waals surface area contributed by atoms with Crippen LogP contribution in [0.3, 0.4) is 0 Å². The minimum Gasteiger partial charge on any atom is -0.481 e. The number of benzene rings is 1. The number of nitrogens with one attached hydrogen (secondary N) is 1. The second kappa shape index (κ2) is 9.02. The molecule has 0 radical (unpaired) electrons. The zero-order valence-electron chi connectivity index (χ0n) is 13.3. The van der Waals surface area contributed by atoms with E-state index in [2.05, 4.69) is 5.32 Å². The van der Waals surface area contributed by atoms with Crippen LogP contribution in [0.25, 0.3) is 0 Å². The molecule has 0 bridgehead atoms. The molecule has 7 heteroatoms. The Kier molecular flexibility index (Phi) is 6.74. The largest absolute Gasteiger partial charge is 0.481 e. The molecule has 1 N–H and O–H groups in total. The van der Waals surface area contributed by atoms with Crippen molar-refractivity contribution in [3.05, 3.63) is 52.5 Å². The predicted molar refractivity (Wildman–Crippen MR) is 90.3 cm³/mol. The fourth-order valence-corrected chi connectivity index (χ4v) is 2.64. The van der Waals surface area contributed by atoms with E-state index in [1.807, 2.05) is 17.5 Å². The van der Waals surface area contributed by atoms with Gasteiger partial charge in [-0.05, 0) is 30.5 Å². The van der Waals surface area contributed by atoms with Crippen molar-refractivity contribution in [2.45, 2.75) is 13.5 Å². The fraction of sp³-hybridized carbons (Fsp3) is 0.294. The Labute approximate surface area is 144 Å². The number of halogens is 1. The molecule has 0 spiro atoms. The summed E-state index contributed by atoms with van der Waals surface area (Å²) in [7, 11) is 0. The number of rotatable bonds is 8. The van der Waals surface area contributed by atoms with Crippen LogP contribution in [0.4, 0.5) is 4.39 Å². The summed E-state index contributed by atoms with van der Waals surface area (Å²) >= 11 is 1.55. The lowest BCUT2D eigenvalue weighted by Gasteiger charge is -2.20. The van der Waals surface area contributed by atoms with Crippen LogP contribution in [0, 0.1) is 5.82 Å². The van der Waals surface area contributed by atoms with Gasteiger partial charge in [-0.15, -0.1) is 11.3 Å². The average Bonchev–Trinajstić information content (AvgIpc) is 3.10. The predicted octanol–water partition coefficient (Wildman–Crippen LogP) is 2.43. The van der Waals surface area contributed by atoms with Gasteiger partial charge in [-0.25, -0.2) is 4.39 Å². The monoisotopic (exact) mass is 350 g/mol. The topological polar surface area (TPSA) is 58.6 Å². The number of ether oxygens (including phenoxy) is 1. The highest BCUT2D eigenvalue weighted by Gasteiger charge is 2.16. The molecule has 0 aliphatic rings. The smallest absolute Gasteiger partial charge is 0.260 e. The first-order valence-corrected chi connectivity index (χ1v) is 8.42. The number of likely N-dealkylation sites (N-methyl/N-ethyl adjacent to an activating group) is 1. The molecule has 2 aromatic rings. The zero-order valence-corrected chi connectivity index (χ0v) is 14.1. The summed E-state index contributed by atoms with van der Waals surface area (Å²) in [4.78, 5) is 26.5. The van der Waals surface area contributed by atoms with Gasteiger partial charge >= 0.3 is 0 Å². The molecular weight excluding hydrogens is 331 g/mol. The quantitative estimate of drug-likeness (QED) is 0.795. The maximum atomic E-state index is 13.5. The minimum absolute atomic E-state index is 0.0176. The maximum Gasteiger partial charge on any atom is 0.260 e. The molecule has 0 atom stereocenters. The van der Waals surface area contributed by atoms with Crippen LogP contribution in [0.5, 0.6) is 5.75 Å². The minimum atomic E-state index is -0.526. The van der Waals surface area contributed by atoms with E-state index in [1.165, 1.54) is 17.0 Å². The van der Waals surface area contributed by atoms with Gasteiger partial charge in [0, 0.05) is 11.4 Å².